The van der Waals surface area contributed by atoms with Gasteiger partial charge in [-0.3, -0.25) is 0 Å². The summed E-state index contributed by atoms with van der Waals surface area (Å²) >= 11 is 5.89. The fourth-order valence-electron chi connectivity index (χ4n) is 1.97. The van der Waals surface area contributed by atoms with Gasteiger partial charge in [0.1, 0.15) is 11.3 Å². The number of nitrogens with zero attached hydrogens (tertiary/aromatic N) is 1. The number of hydrogen-bond acceptors (Lipinski definition) is 3. The van der Waals surface area contributed by atoms with Crippen molar-refractivity contribution in [3.8, 4) is 11.6 Å². The summed E-state index contributed by atoms with van der Waals surface area (Å²) in [5, 5.41) is 9.89. The Morgan fingerprint density at radius 2 is 1.90 bits per heavy atom. The van der Waals surface area contributed by atoms with E-state index >= 15 is 0 Å². The predicted octanol–water partition coefficient (Wildman–Crippen LogP) is 4.15. The Hall–Kier alpha value is -2.07. The highest BCUT2D eigenvalue weighted by molar-refractivity contribution is 6.30. The van der Waals surface area contributed by atoms with Crippen LogP contribution in [-0.2, 0) is 0 Å². The molecule has 0 amide bonds. The molecule has 2 aromatic rings. The average molecular weight is 292 g/mol. The molecule has 2 rings (SSSR count). The molecule has 1 aromatic carbocycles. The van der Waals surface area contributed by atoms with E-state index in [1.165, 1.54) is 0 Å². The molecule has 0 saturated carbocycles. The van der Waals surface area contributed by atoms with Gasteiger partial charge in [0.15, 0.2) is 0 Å². The number of rotatable bonds is 3. The third-order valence-electron chi connectivity index (χ3n) is 2.87. The molecule has 1 aromatic heterocycles. The summed E-state index contributed by atoms with van der Waals surface area (Å²) in [6.45, 7) is 5.35. The highest BCUT2D eigenvalue weighted by atomic mass is 35.5. The Labute approximate surface area is 122 Å². The summed E-state index contributed by atoms with van der Waals surface area (Å²) in [6, 6.07) is 6.85. The van der Waals surface area contributed by atoms with Crippen molar-refractivity contribution < 1.29 is 14.6 Å². The molecule has 0 atom stereocenters. The van der Waals surface area contributed by atoms with Gasteiger partial charge < -0.3 is 9.84 Å². The maximum Gasteiger partial charge on any atom is 0.341 e. The minimum Gasteiger partial charge on any atom is -0.477 e. The minimum absolute atomic E-state index is 0.0740. The van der Waals surface area contributed by atoms with Gasteiger partial charge in [0.25, 0.3) is 0 Å². The average Bonchev–Trinajstić information content (AvgIpc) is 2.31. The van der Waals surface area contributed by atoms with Crippen LogP contribution in [0.5, 0.6) is 11.6 Å². The number of benzene rings is 1. The highest BCUT2D eigenvalue weighted by Crippen LogP contribution is 2.30. The van der Waals surface area contributed by atoms with E-state index in [0.717, 1.165) is 5.56 Å². The lowest BCUT2D eigenvalue weighted by molar-refractivity contribution is 0.0692. The number of aryl methyl sites for hydroxylation is 3. The van der Waals surface area contributed by atoms with Gasteiger partial charge in [-0.05, 0) is 56.2 Å². The van der Waals surface area contributed by atoms with Crippen molar-refractivity contribution in [2.75, 3.05) is 0 Å². The molecule has 0 aliphatic heterocycles. The zero-order valence-electron chi connectivity index (χ0n) is 11.4. The van der Waals surface area contributed by atoms with E-state index in [2.05, 4.69) is 4.98 Å². The number of aromatic carboxylic acids is 1. The van der Waals surface area contributed by atoms with Crippen LogP contribution >= 0.6 is 11.6 Å². The summed E-state index contributed by atoms with van der Waals surface area (Å²) in [5.74, 6) is -0.425. The van der Waals surface area contributed by atoms with E-state index < -0.39 is 5.97 Å². The van der Waals surface area contributed by atoms with Crippen molar-refractivity contribution in [1.29, 1.82) is 0 Å². The van der Waals surface area contributed by atoms with Crippen molar-refractivity contribution in [2.45, 2.75) is 20.8 Å². The third kappa shape index (κ3) is 2.91. The van der Waals surface area contributed by atoms with Crippen molar-refractivity contribution in [2.24, 2.45) is 0 Å². The number of aromatic nitrogens is 1. The Morgan fingerprint density at radius 3 is 2.50 bits per heavy atom. The van der Waals surface area contributed by atoms with Crippen LogP contribution in [0.15, 0.2) is 24.3 Å². The largest absolute Gasteiger partial charge is 0.477 e. The first kappa shape index (κ1) is 14.3. The summed E-state index contributed by atoms with van der Waals surface area (Å²) in [4.78, 5) is 15.5. The second-order valence-electron chi connectivity index (χ2n) is 4.58. The Balaban J connectivity index is 2.50. The van der Waals surface area contributed by atoms with Crippen LogP contribution in [0.4, 0.5) is 0 Å². The molecule has 0 saturated heterocycles. The molecule has 0 aliphatic rings. The van der Waals surface area contributed by atoms with Crippen LogP contribution in [0.1, 0.15) is 27.2 Å². The minimum atomic E-state index is -1.06. The van der Waals surface area contributed by atoms with Crippen molar-refractivity contribution in [1.82, 2.24) is 4.98 Å². The lowest BCUT2D eigenvalue weighted by Gasteiger charge is -2.12. The molecule has 0 radical (unpaired) electrons. The van der Waals surface area contributed by atoms with E-state index in [0.29, 0.717) is 22.0 Å². The number of ether oxygens (including phenoxy) is 1. The zero-order valence-corrected chi connectivity index (χ0v) is 12.2. The topological polar surface area (TPSA) is 59.4 Å². The van der Waals surface area contributed by atoms with Crippen LogP contribution in [0.2, 0.25) is 5.02 Å². The highest BCUT2D eigenvalue weighted by Gasteiger charge is 2.18. The van der Waals surface area contributed by atoms with Gasteiger partial charge in [-0.25, -0.2) is 9.78 Å². The second kappa shape index (κ2) is 5.51. The Morgan fingerprint density at radius 1 is 1.20 bits per heavy atom. The molecule has 20 heavy (non-hydrogen) atoms. The zero-order chi connectivity index (χ0) is 14.9. The smallest absolute Gasteiger partial charge is 0.341 e. The number of carbonyl (C=O) groups is 1. The SMILES string of the molecule is Cc1cc(C)c(C(=O)O)c(Oc2ccc(Cl)cc2C)n1. The van der Waals surface area contributed by atoms with Crippen molar-refractivity contribution in [3.63, 3.8) is 0 Å². The second-order valence-corrected chi connectivity index (χ2v) is 5.01. The maximum atomic E-state index is 11.3. The van der Waals surface area contributed by atoms with E-state index in [9.17, 15) is 9.90 Å². The van der Waals surface area contributed by atoms with Gasteiger partial charge in [0.05, 0.1) is 0 Å². The van der Waals surface area contributed by atoms with Crippen LogP contribution < -0.4 is 4.74 Å². The van der Waals surface area contributed by atoms with Gasteiger partial charge >= 0.3 is 5.97 Å². The molecular weight excluding hydrogens is 278 g/mol. The molecule has 104 valence electrons. The normalized spacial score (nSPS) is 10.4. The molecule has 1 N–H and O–H groups in total. The Kier molecular flexibility index (Phi) is 3.95. The number of carboxylic acid groups (broad SMARTS) is 1. The molecule has 0 spiro atoms. The van der Waals surface area contributed by atoms with E-state index in [-0.39, 0.29) is 11.4 Å². The fourth-order valence-corrected chi connectivity index (χ4v) is 2.19. The summed E-state index contributed by atoms with van der Waals surface area (Å²) in [7, 11) is 0. The number of hydrogen-bond donors (Lipinski definition) is 1. The lowest BCUT2D eigenvalue weighted by Crippen LogP contribution is -2.06. The quantitative estimate of drug-likeness (QED) is 0.923. The van der Waals surface area contributed by atoms with E-state index in [1.807, 2.05) is 6.92 Å². The number of carboxylic acids is 1. The van der Waals surface area contributed by atoms with Crippen LogP contribution in [0, 0.1) is 20.8 Å². The first-order chi connectivity index (χ1) is 9.38. The third-order valence-corrected chi connectivity index (χ3v) is 3.10. The number of halogens is 1. The summed E-state index contributed by atoms with van der Waals surface area (Å²) in [6.07, 6.45) is 0. The molecule has 0 unspecified atom stereocenters. The lowest BCUT2D eigenvalue weighted by atomic mass is 10.1. The van der Waals surface area contributed by atoms with Crippen LogP contribution in [0.3, 0.4) is 0 Å². The maximum absolute atomic E-state index is 11.3. The first-order valence-electron chi connectivity index (χ1n) is 6.04. The molecule has 5 heteroatoms. The van der Waals surface area contributed by atoms with Crippen molar-refractivity contribution in [3.05, 3.63) is 51.7 Å². The standard InChI is InChI=1S/C15H14ClNO3/c1-8-7-11(16)4-5-12(8)20-14-13(15(18)19)9(2)6-10(3)17-14/h4-7H,1-3H3,(H,18,19). The monoisotopic (exact) mass is 291 g/mol. The van der Waals surface area contributed by atoms with Crippen molar-refractivity contribution >= 4 is 17.6 Å². The van der Waals surface area contributed by atoms with Crippen LogP contribution in [-0.4, -0.2) is 16.1 Å². The first-order valence-corrected chi connectivity index (χ1v) is 6.42. The molecule has 1 heterocycles. The molecule has 4 nitrogen and oxygen atoms in total. The summed E-state index contributed by atoms with van der Waals surface area (Å²) < 4.78 is 5.67. The Bertz CT molecular complexity index is 683. The van der Waals surface area contributed by atoms with Gasteiger partial charge in [-0.15, -0.1) is 0 Å². The molecule has 0 aliphatic carbocycles. The summed E-state index contributed by atoms with van der Waals surface area (Å²) in [5.41, 5.74) is 2.21. The van der Waals surface area contributed by atoms with Gasteiger partial charge in [0.2, 0.25) is 5.88 Å². The molecule has 0 bridgehead atoms. The molecular formula is C15H14ClNO3. The number of pyridine rings is 1. The van der Waals surface area contributed by atoms with Gasteiger partial charge in [-0.1, -0.05) is 11.6 Å². The van der Waals surface area contributed by atoms with Crippen LogP contribution in [0.25, 0.3) is 0 Å². The molecule has 0 fully saturated rings. The predicted molar refractivity (Wildman–Crippen MR) is 76.9 cm³/mol. The van der Waals surface area contributed by atoms with Gasteiger partial charge in [0, 0.05) is 10.7 Å². The van der Waals surface area contributed by atoms with Gasteiger partial charge in [-0.2, -0.15) is 0 Å². The fraction of sp³-hybridized carbons (Fsp3) is 0.200. The van der Waals surface area contributed by atoms with E-state index in [4.69, 9.17) is 16.3 Å². The van der Waals surface area contributed by atoms with E-state index in [1.54, 1.807) is 38.1 Å².